The monoisotopic (exact) mass is 539 g/mol. The zero-order chi connectivity index (χ0) is 27.2. The summed E-state index contributed by atoms with van der Waals surface area (Å²) in [6, 6.07) is 39.3. The van der Waals surface area contributed by atoms with E-state index in [1.807, 2.05) is 24.3 Å². The number of hydrogen-bond donors (Lipinski definition) is 0. The normalized spacial score (nSPS) is 11.4. The second kappa shape index (κ2) is 9.82. The molecule has 0 amide bonds. The molecule has 0 aliphatic heterocycles. The Morgan fingerprint density at radius 1 is 0.475 bits per heavy atom. The van der Waals surface area contributed by atoms with Crippen molar-refractivity contribution in [2.24, 2.45) is 0 Å². The maximum Gasteiger partial charge on any atom is 0.126 e. The second-order valence-corrected chi connectivity index (χ2v) is 11.1. The minimum absolute atomic E-state index is 0.526. The summed E-state index contributed by atoms with van der Waals surface area (Å²) in [5.74, 6) is -1.15. The first kappa shape index (κ1) is 24.4. The van der Waals surface area contributed by atoms with Gasteiger partial charge in [0.25, 0.3) is 0 Å². The van der Waals surface area contributed by atoms with E-state index in [1.54, 1.807) is 11.3 Å². The Balaban J connectivity index is 1.14. The number of hydrogen-bond acceptors (Lipinski definition) is 2. The molecule has 0 spiro atoms. The van der Waals surface area contributed by atoms with Gasteiger partial charge in [0.05, 0.1) is 10.2 Å². The third kappa shape index (κ3) is 4.67. The molecule has 192 valence electrons. The van der Waals surface area contributed by atoms with Crippen LogP contribution in [0.4, 0.5) is 8.78 Å². The Bertz CT molecular complexity index is 2000. The molecule has 1 nitrogen and oxygen atoms in total. The van der Waals surface area contributed by atoms with E-state index in [9.17, 15) is 8.78 Å². The van der Waals surface area contributed by atoms with Crippen molar-refractivity contribution >= 4 is 32.3 Å². The summed E-state index contributed by atoms with van der Waals surface area (Å²) in [6.07, 6.45) is 0. The van der Waals surface area contributed by atoms with Gasteiger partial charge in [-0.2, -0.15) is 0 Å². The lowest BCUT2D eigenvalue weighted by Gasteiger charge is -2.09. The lowest BCUT2D eigenvalue weighted by molar-refractivity contribution is 0.584. The Morgan fingerprint density at radius 2 is 0.975 bits per heavy atom. The molecule has 0 saturated heterocycles. The van der Waals surface area contributed by atoms with Gasteiger partial charge in [0.1, 0.15) is 16.6 Å². The largest absolute Gasteiger partial charge is 0.236 e. The first-order valence-corrected chi connectivity index (χ1v) is 13.9. The fraction of sp³-hybridized carbons (Fsp3) is 0.0278. The van der Waals surface area contributed by atoms with Crippen LogP contribution in [0.3, 0.4) is 0 Å². The molecule has 7 aromatic rings. The van der Waals surface area contributed by atoms with Gasteiger partial charge in [0, 0.05) is 11.6 Å². The van der Waals surface area contributed by atoms with Gasteiger partial charge in [-0.1, -0.05) is 78.9 Å². The van der Waals surface area contributed by atoms with Crippen molar-refractivity contribution in [2.75, 3.05) is 0 Å². The van der Waals surface area contributed by atoms with Crippen molar-refractivity contribution in [1.29, 1.82) is 0 Å². The van der Waals surface area contributed by atoms with Gasteiger partial charge in [-0.25, -0.2) is 13.8 Å². The van der Waals surface area contributed by atoms with E-state index in [4.69, 9.17) is 4.98 Å². The fourth-order valence-corrected chi connectivity index (χ4v) is 6.21. The molecule has 1 aromatic heterocycles. The molecule has 0 saturated carbocycles. The summed E-state index contributed by atoms with van der Waals surface area (Å²) in [4.78, 5) is 4.82. The summed E-state index contributed by atoms with van der Waals surface area (Å²) in [5, 5.41) is 3.35. The number of rotatable bonds is 4. The summed E-state index contributed by atoms with van der Waals surface area (Å²) in [5.41, 5.74) is 9.19. The number of benzene rings is 6. The molecule has 0 bridgehead atoms. The van der Waals surface area contributed by atoms with Crippen LogP contribution in [0.25, 0.3) is 64.9 Å². The third-order valence-electron chi connectivity index (χ3n) is 7.26. The molecule has 0 aliphatic carbocycles. The zero-order valence-corrected chi connectivity index (χ0v) is 22.5. The first-order valence-electron chi connectivity index (χ1n) is 13.1. The van der Waals surface area contributed by atoms with Gasteiger partial charge in [-0.3, -0.25) is 0 Å². The Kier molecular flexibility index (Phi) is 5.98. The van der Waals surface area contributed by atoms with Gasteiger partial charge in [0.2, 0.25) is 0 Å². The molecule has 6 aromatic carbocycles. The molecule has 0 atom stereocenters. The summed E-state index contributed by atoms with van der Waals surface area (Å²) in [7, 11) is 0. The average molecular weight is 540 g/mol. The van der Waals surface area contributed by atoms with Crippen molar-refractivity contribution < 1.29 is 8.78 Å². The van der Waals surface area contributed by atoms with Crippen LogP contribution in [0, 0.1) is 18.6 Å². The fourth-order valence-electron chi connectivity index (χ4n) is 5.14. The molecular formula is C36H23F2NS. The van der Waals surface area contributed by atoms with Crippen molar-refractivity contribution in [3.63, 3.8) is 0 Å². The van der Waals surface area contributed by atoms with Gasteiger partial charge < -0.3 is 0 Å². The number of fused-ring (bicyclic) bond motifs is 2. The van der Waals surface area contributed by atoms with E-state index in [1.165, 1.54) is 33.3 Å². The molecule has 40 heavy (non-hydrogen) atoms. The lowest BCUT2D eigenvalue weighted by atomic mass is 9.96. The summed E-state index contributed by atoms with van der Waals surface area (Å²) >= 11 is 1.73. The topological polar surface area (TPSA) is 12.9 Å². The number of nitrogens with zero attached hydrogens (tertiary/aromatic N) is 1. The average Bonchev–Trinajstić information content (AvgIpc) is 3.40. The minimum Gasteiger partial charge on any atom is -0.236 e. The van der Waals surface area contributed by atoms with Crippen molar-refractivity contribution in [3.05, 3.63) is 139 Å². The van der Waals surface area contributed by atoms with Crippen LogP contribution in [-0.4, -0.2) is 4.98 Å². The van der Waals surface area contributed by atoms with Gasteiger partial charge >= 0.3 is 0 Å². The standard InChI is InChI=1S/C36H23F2NS/c1-22-2-15-34-35(16-22)40-36(39-34)26-9-7-24(8-10-26)28-12-14-29-17-27(11-13-30(29)18-28)23-3-5-25(6-4-23)31-19-32(37)21-33(38)20-31/h2-21H,1H3. The van der Waals surface area contributed by atoms with Crippen molar-refractivity contribution in [1.82, 2.24) is 4.98 Å². The van der Waals surface area contributed by atoms with Crippen LogP contribution in [0.15, 0.2) is 121 Å². The number of aromatic nitrogens is 1. The van der Waals surface area contributed by atoms with Crippen LogP contribution < -0.4 is 0 Å². The predicted octanol–water partition coefficient (Wildman–Crippen LogP) is 10.7. The molecule has 0 fully saturated rings. The highest BCUT2D eigenvalue weighted by Gasteiger charge is 2.09. The minimum atomic E-state index is -0.577. The quantitative estimate of drug-likeness (QED) is 0.217. The molecule has 1 heterocycles. The summed E-state index contributed by atoms with van der Waals surface area (Å²) in [6.45, 7) is 2.11. The van der Waals surface area contributed by atoms with E-state index in [-0.39, 0.29) is 0 Å². The molecule has 4 heteroatoms. The highest BCUT2D eigenvalue weighted by molar-refractivity contribution is 7.21. The Morgan fingerprint density at radius 3 is 1.55 bits per heavy atom. The molecule has 0 N–H and O–H groups in total. The molecule has 0 radical (unpaired) electrons. The second-order valence-electron chi connectivity index (χ2n) is 10.1. The van der Waals surface area contributed by atoms with E-state index < -0.39 is 11.6 Å². The maximum absolute atomic E-state index is 13.6. The SMILES string of the molecule is Cc1ccc2nc(-c3ccc(-c4ccc5cc(-c6ccc(-c7cc(F)cc(F)c7)cc6)ccc5c4)cc3)sc2c1. The number of aryl methyl sites for hydroxylation is 1. The highest BCUT2D eigenvalue weighted by atomic mass is 32.1. The molecular weight excluding hydrogens is 516 g/mol. The predicted molar refractivity (Wildman–Crippen MR) is 164 cm³/mol. The van der Waals surface area contributed by atoms with Crippen LogP contribution in [0.5, 0.6) is 0 Å². The summed E-state index contributed by atoms with van der Waals surface area (Å²) < 4.78 is 28.5. The van der Waals surface area contributed by atoms with Gasteiger partial charge in [0.15, 0.2) is 0 Å². The maximum atomic E-state index is 13.6. The van der Waals surface area contributed by atoms with E-state index in [0.29, 0.717) is 5.56 Å². The van der Waals surface area contributed by atoms with E-state index in [2.05, 4.69) is 85.8 Å². The van der Waals surface area contributed by atoms with Gasteiger partial charge in [-0.05, 0) is 93.0 Å². The van der Waals surface area contributed by atoms with Crippen LogP contribution in [0.1, 0.15) is 5.56 Å². The number of thiazole rings is 1. The Labute approximate surface area is 235 Å². The van der Waals surface area contributed by atoms with Crippen LogP contribution in [0.2, 0.25) is 0 Å². The van der Waals surface area contributed by atoms with Crippen LogP contribution in [-0.2, 0) is 0 Å². The first-order chi connectivity index (χ1) is 19.5. The molecule has 0 unspecified atom stereocenters. The number of halogens is 2. The lowest BCUT2D eigenvalue weighted by Crippen LogP contribution is -1.85. The molecule has 7 rings (SSSR count). The molecule has 0 aliphatic rings. The zero-order valence-electron chi connectivity index (χ0n) is 21.7. The highest BCUT2D eigenvalue weighted by Crippen LogP contribution is 2.34. The van der Waals surface area contributed by atoms with Gasteiger partial charge in [-0.15, -0.1) is 11.3 Å². The van der Waals surface area contributed by atoms with Crippen molar-refractivity contribution in [3.8, 4) is 44.0 Å². The van der Waals surface area contributed by atoms with Crippen LogP contribution >= 0.6 is 11.3 Å². The van der Waals surface area contributed by atoms with E-state index >= 15 is 0 Å². The third-order valence-corrected chi connectivity index (χ3v) is 8.33. The smallest absolute Gasteiger partial charge is 0.126 e. The Hall–Kier alpha value is -4.67. The van der Waals surface area contributed by atoms with E-state index in [0.717, 1.165) is 49.8 Å². The van der Waals surface area contributed by atoms with Crippen molar-refractivity contribution in [2.45, 2.75) is 6.92 Å².